The van der Waals surface area contributed by atoms with Crippen molar-refractivity contribution in [1.82, 2.24) is 10.2 Å². The molecule has 0 saturated carbocycles. The Morgan fingerprint density at radius 2 is 1.67 bits per heavy atom. The lowest BCUT2D eigenvalue weighted by atomic mass is 10.0. The molecule has 0 radical (unpaired) electrons. The SMILES string of the molecule is CC[C@@H](C)NC(=O)[C@H](Cc1ccccc1)N(Cc1ccccc1F)C(=O)CCCN(c1cccc(Cl)c1C)S(C)(=O)=O. The number of hydrogen-bond donors (Lipinski definition) is 1. The third-order valence-corrected chi connectivity index (χ3v) is 8.82. The number of carbonyl (C=O) groups excluding carboxylic acids is 2. The van der Waals surface area contributed by atoms with Gasteiger partial charge in [-0.15, -0.1) is 0 Å². The summed E-state index contributed by atoms with van der Waals surface area (Å²) in [6.07, 6.45) is 2.17. The van der Waals surface area contributed by atoms with Crippen molar-refractivity contribution in [1.29, 1.82) is 0 Å². The summed E-state index contributed by atoms with van der Waals surface area (Å²) in [5, 5.41) is 3.42. The highest BCUT2D eigenvalue weighted by molar-refractivity contribution is 7.92. The molecule has 0 bridgehead atoms. The van der Waals surface area contributed by atoms with Gasteiger partial charge in [-0.3, -0.25) is 13.9 Å². The van der Waals surface area contributed by atoms with Crippen LogP contribution in [0.15, 0.2) is 72.8 Å². The van der Waals surface area contributed by atoms with Crippen LogP contribution in [0.4, 0.5) is 10.1 Å². The molecule has 0 spiro atoms. The van der Waals surface area contributed by atoms with Crippen molar-refractivity contribution < 1.29 is 22.4 Å². The smallest absolute Gasteiger partial charge is 0.243 e. The van der Waals surface area contributed by atoms with E-state index in [0.29, 0.717) is 22.7 Å². The van der Waals surface area contributed by atoms with E-state index in [0.717, 1.165) is 11.8 Å². The quantitative estimate of drug-likeness (QED) is 0.245. The van der Waals surface area contributed by atoms with Crippen molar-refractivity contribution in [3.63, 3.8) is 0 Å². The summed E-state index contributed by atoms with van der Waals surface area (Å²) in [7, 11) is -3.68. The van der Waals surface area contributed by atoms with Gasteiger partial charge in [0.15, 0.2) is 0 Å². The highest BCUT2D eigenvalue weighted by atomic mass is 35.5. The van der Waals surface area contributed by atoms with Gasteiger partial charge in [0.1, 0.15) is 11.9 Å². The lowest BCUT2D eigenvalue weighted by Gasteiger charge is -2.33. The van der Waals surface area contributed by atoms with Gasteiger partial charge >= 0.3 is 0 Å². The van der Waals surface area contributed by atoms with Gasteiger partial charge in [0.25, 0.3) is 0 Å². The molecule has 226 valence electrons. The number of hydrogen-bond acceptors (Lipinski definition) is 4. The Labute approximate surface area is 253 Å². The molecule has 1 N–H and O–H groups in total. The lowest BCUT2D eigenvalue weighted by Crippen LogP contribution is -2.52. The van der Waals surface area contributed by atoms with Gasteiger partial charge in [0.05, 0.1) is 11.9 Å². The Morgan fingerprint density at radius 1 is 1.00 bits per heavy atom. The van der Waals surface area contributed by atoms with Crippen LogP contribution in [0, 0.1) is 12.7 Å². The summed E-state index contributed by atoms with van der Waals surface area (Å²) in [4.78, 5) is 28.9. The zero-order chi connectivity index (χ0) is 30.9. The molecule has 0 fully saturated rings. The number of rotatable bonds is 14. The third kappa shape index (κ3) is 9.03. The average Bonchev–Trinajstić information content (AvgIpc) is 2.95. The predicted octanol–water partition coefficient (Wildman–Crippen LogP) is 5.89. The first-order chi connectivity index (χ1) is 19.9. The highest BCUT2D eigenvalue weighted by Gasteiger charge is 2.31. The van der Waals surface area contributed by atoms with Crippen LogP contribution in [0.1, 0.15) is 49.8 Å². The van der Waals surface area contributed by atoms with E-state index in [1.54, 1.807) is 43.3 Å². The summed E-state index contributed by atoms with van der Waals surface area (Å²) in [5.41, 5.74) is 2.19. The molecule has 0 aliphatic rings. The van der Waals surface area contributed by atoms with Crippen molar-refractivity contribution in [2.24, 2.45) is 0 Å². The standard InChI is InChI=1S/C32H39ClFN3O4S/c1-5-23(2)35-32(39)30(21-25-13-7-6-8-14-25)36(22-26-15-9-10-17-28(26)34)31(38)19-12-20-37(42(4,40)41)29-18-11-16-27(33)24(29)3/h6-11,13-18,23,30H,5,12,19-22H2,1-4H3,(H,35,39)/t23-,30+/m1/s1. The average molecular weight is 616 g/mol. The normalized spacial score (nSPS) is 12.8. The predicted molar refractivity (Wildman–Crippen MR) is 166 cm³/mol. The zero-order valence-corrected chi connectivity index (χ0v) is 26.1. The van der Waals surface area contributed by atoms with Gasteiger partial charge in [0.2, 0.25) is 21.8 Å². The Bertz CT molecular complexity index is 1470. The molecule has 0 aromatic heterocycles. The van der Waals surface area contributed by atoms with Crippen LogP contribution in [-0.4, -0.2) is 50.0 Å². The van der Waals surface area contributed by atoms with Gasteiger partial charge in [0, 0.05) is 42.6 Å². The minimum atomic E-state index is -3.68. The van der Waals surface area contributed by atoms with Crippen molar-refractivity contribution in [3.05, 3.63) is 100 Å². The minimum absolute atomic E-state index is 0.0295. The molecule has 2 atom stereocenters. The third-order valence-electron chi connectivity index (χ3n) is 7.23. The number of sulfonamides is 1. The van der Waals surface area contributed by atoms with Gasteiger partial charge in [-0.25, -0.2) is 12.8 Å². The van der Waals surface area contributed by atoms with Crippen LogP contribution in [0.25, 0.3) is 0 Å². The second-order valence-corrected chi connectivity index (χ2v) is 12.8. The number of halogens is 2. The van der Waals surface area contributed by atoms with E-state index in [2.05, 4.69) is 5.32 Å². The summed E-state index contributed by atoms with van der Waals surface area (Å²) >= 11 is 6.25. The molecule has 7 nitrogen and oxygen atoms in total. The molecule has 3 aromatic rings. The van der Waals surface area contributed by atoms with Crippen molar-refractivity contribution >= 4 is 39.1 Å². The lowest BCUT2D eigenvalue weighted by molar-refractivity contribution is -0.141. The summed E-state index contributed by atoms with van der Waals surface area (Å²) in [6.45, 7) is 5.50. The monoisotopic (exact) mass is 615 g/mol. The Morgan fingerprint density at radius 3 is 2.31 bits per heavy atom. The van der Waals surface area contributed by atoms with Gasteiger partial charge < -0.3 is 10.2 Å². The first kappa shape index (κ1) is 33.1. The molecule has 0 aliphatic heterocycles. The van der Waals surface area contributed by atoms with Crippen LogP contribution in [-0.2, 0) is 32.6 Å². The second kappa shape index (κ2) is 15.2. The summed E-state index contributed by atoms with van der Waals surface area (Å²) in [6, 6.07) is 19.5. The fraction of sp³-hybridized carbons (Fsp3) is 0.375. The Balaban J connectivity index is 1.92. The van der Waals surface area contributed by atoms with Crippen molar-refractivity contribution in [2.75, 3.05) is 17.1 Å². The van der Waals surface area contributed by atoms with Crippen LogP contribution >= 0.6 is 11.6 Å². The molecule has 3 rings (SSSR count). The van der Waals surface area contributed by atoms with Crippen LogP contribution in [0.3, 0.4) is 0 Å². The number of benzene rings is 3. The van der Waals surface area contributed by atoms with Crippen LogP contribution < -0.4 is 9.62 Å². The number of nitrogens with zero attached hydrogens (tertiary/aromatic N) is 2. The second-order valence-electron chi connectivity index (χ2n) is 10.5. The molecule has 2 amide bonds. The molecular weight excluding hydrogens is 577 g/mol. The molecular formula is C32H39ClFN3O4S. The number of amides is 2. The maximum atomic E-state index is 14.8. The highest BCUT2D eigenvalue weighted by Crippen LogP contribution is 2.28. The van der Waals surface area contributed by atoms with Crippen molar-refractivity contribution in [3.8, 4) is 0 Å². The maximum Gasteiger partial charge on any atom is 0.243 e. The molecule has 10 heteroatoms. The first-order valence-corrected chi connectivity index (χ1v) is 16.2. The Kier molecular flexibility index (Phi) is 11.9. The fourth-order valence-electron chi connectivity index (χ4n) is 4.65. The topological polar surface area (TPSA) is 86.8 Å². The molecule has 3 aromatic carbocycles. The first-order valence-electron chi connectivity index (χ1n) is 14.0. The van der Waals surface area contributed by atoms with E-state index in [1.165, 1.54) is 15.3 Å². The van der Waals surface area contributed by atoms with Gasteiger partial charge in [-0.05, 0) is 56.0 Å². The largest absolute Gasteiger partial charge is 0.352 e. The Hall–Kier alpha value is -3.43. The molecule has 0 heterocycles. The van der Waals surface area contributed by atoms with Crippen LogP contribution in [0.5, 0.6) is 0 Å². The number of anilines is 1. The van der Waals surface area contributed by atoms with Gasteiger partial charge in [-0.1, -0.05) is 73.1 Å². The van der Waals surface area contributed by atoms with E-state index >= 15 is 0 Å². The molecule has 42 heavy (non-hydrogen) atoms. The number of carbonyl (C=O) groups is 2. The molecule has 0 unspecified atom stereocenters. The summed E-state index contributed by atoms with van der Waals surface area (Å²) in [5.74, 6) is -1.18. The van der Waals surface area contributed by atoms with E-state index in [1.807, 2.05) is 44.2 Å². The molecule has 0 aliphatic carbocycles. The summed E-state index contributed by atoms with van der Waals surface area (Å²) < 4.78 is 41.4. The van der Waals surface area contributed by atoms with E-state index < -0.39 is 21.9 Å². The van der Waals surface area contributed by atoms with Crippen LogP contribution in [0.2, 0.25) is 5.02 Å². The van der Waals surface area contributed by atoms with E-state index in [9.17, 15) is 22.4 Å². The van der Waals surface area contributed by atoms with Gasteiger partial charge in [-0.2, -0.15) is 0 Å². The fourth-order valence-corrected chi connectivity index (χ4v) is 5.84. The number of nitrogens with one attached hydrogen (secondary N) is 1. The van der Waals surface area contributed by atoms with E-state index in [-0.39, 0.29) is 55.8 Å². The zero-order valence-electron chi connectivity index (χ0n) is 24.5. The van der Waals surface area contributed by atoms with Crippen molar-refractivity contribution in [2.45, 2.75) is 65.1 Å². The van der Waals surface area contributed by atoms with E-state index in [4.69, 9.17) is 11.6 Å². The maximum absolute atomic E-state index is 14.8. The minimum Gasteiger partial charge on any atom is -0.352 e. The molecule has 0 saturated heterocycles.